The van der Waals surface area contributed by atoms with Crippen LogP contribution in [-0.2, 0) is 4.79 Å². The average Bonchev–Trinajstić information content (AvgIpc) is 2.66. The highest BCUT2D eigenvalue weighted by molar-refractivity contribution is 5.73. The molecule has 0 radical (unpaired) electrons. The third-order valence-electron chi connectivity index (χ3n) is 3.45. The highest BCUT2D eigenvalue weighted by Gasteiger charge is 2.15. The van der Waals surface area contributed by atoms with Crippen molar-refractivity contribution in [1.82, 2.24) is 9.80 Å². The molecule has 4 heteroatoms. The monoisotopic (exact) mass is 262 g/mol. The molecule has 0 saturated carbocycles. The standard InChI is InChI=1S/C15H22N2O2/c1-14(18)17-9-5-8-16(10-11-17)12-13-19-15-6-3-2-4-7-15/h2-4,6-7H,5,8-13H2,1H3. The van der Waals surface area contributed by atoms with Crippen LogP contribution in [0.1, 0.15) is 13.3 Å². The van der Waals surface area contributed by atoms with Gasteiger partial charge in [-0.05, 0) is 18.6 Å². The van der Waals surface area contributed by atoms with Crippen LogP contribution in [0.15, 0.2) is 30.3 Å². The maximum Gasteiger partial charge on any atom is 0.219 e. The van der Waals surface area contributed by atoms with Gasteiger partial charge in [-0.2, -0.15) is 0 Å². The smallest absolute Gasteiger partial charge is 0.219 e. The van der Waals surface area contributed by atoms with Crippen LogP contribution in [0.5, 0.6) is 5.75 Å². The van der Waals surface area contributed by atoms with E-state index in [4.69, 9.17) is 4.74 Å². The molecule has 1 fully saturated rings. The number of nitrogens with zero attached hydrogens (tertiary/aromatic N) is 2. The zero-order valence-electron chi connectivity index (χ0n) is 11.5. The van der Waals surface area contributed by atoms with Gasteiger partial charge in [0.1, 0.15) is 12.4 Å². The Balaban J connectivity index is 1.70. The van der Waals surface area contributed by atoms with Gasteiger partial charge in [0.05, 0.1) is 0 Å². The number of rotatable bonds is 4. The molecule has 1 aromatic rings. The quantitative estimate of drug-likeness (QED) is 0.826. The number of benzene rings is 1. The summed E-state index contributed by atoms with van der Waals surface area (Å²) < 4.78 is 5.70. The molecule has 0 aliphatic carbocycles. The number of ether oxygens (including phenoxy) is 1. The van der Waals surface area contributed by atoms with Crippen molar-refractivity contribution in [3.63, 3.8) is 0 Å². The normalized spacial score (nSPS) is 17.0. The molecule has 0 unspecified atom stereocenters. The summed E-state index contributed by atoms with van der Waals surface area (Å²) >= 11 is 0. The van der Waals surface area contributed by atoms with Crippen LogP contribution >= 0.6 is 0 Å². The Hall–Kier alpha value is -1.55. The lowest BCUT2D eigenvalue weighted by atomic mass is 10.3. The molecular weight excluding hydrogens is 240 g/mol. The van der Waals surface area contributed by atoms with Gasteiger partial charge in [0, 0.05) is 39.6 Å². The van der Waals surface area contributed by atoms with E-state index in [0.717, 1.165) is 44.9 Å². The first kappa shape index (κ1) is 13.9. The van der Waals surface area contributed by atoms with Crippen molar-refractivity contribution in [3.05, 3.63) is 30.3 Å². The summed E-state index contributed by atoms with van der Waals surface area (Å²) in [5.41, 5.74) is 0. The fraction of sp³-hybridized carbons (Fsp3) is 0.533. The maximum absolute atomic E-state index is 11.3. The van der Waals surface area contributed by atoms with Gasteiger partial charge in [0.2, 0.25) is 5.91 Å². The van der Waals surface area contributed by atoms with E-state index in [2.05, 4.69) is 4.90 Å². The molecule has 0 atom stereocenters. The first-order valence-corrected chi connectivity index (χ1v) is 6.91. The maximum atomic E-state index is 11.3. The molecule has 0 spiro atoms. The molecule has 1 aliphatic heterocycles. The molecule has 1 aromatic carbocycles. The van der Waals surface area contributed by atoms with E-state index in [9.17, 15) is 4.79 Å². The number of carbonyl (C=O) groups excluding carboxylic acids is 1. The van der Waals surface area contributed by atoms with E-state index >= 15 is 0 Å². The van der Waals surface area contributed by atoms with E-state index in [1.165, 1.54) is 0 Å². The van der Waals surface area contributed by atoms with E-state index < -0.39 is 0 Å². The predicted molar refractivity (Wildman–Crippen MR) is 75.2 cm³/mol. The third-order valence-corrected chi connectivity index (χ3v) is 3.45. The Morgan fingerprint density at radius 2 is 1.95 bits per heavy atom. The largest absolute Gasteiger partial charge is 0.492 e. The second kappa shape index (κ2) is 7.14. The van der Waals surface area contributed by atoms with E-state index in [1.807, 2.05) is 35.2 Å². The van der Waals surface area contributed by atoms with Crippen molar-refractivity contribution in [2.24, 2.45) is 0 Å². The molecule has 4 nitrogen and oxygen atoms in total. The number of carbonyl (C=O) groups is 1. The molecule has 1 aliphatic rings. The van der Waals surface area contributed by atoms with Crippen LogP contribution in [0.4, 0.5) is 0 Å². The second-order valence-electron chi connectivity index (χ2n) is 4.86. The molecule has 19 heavy (non-hydrogen) atoms. The predicted octanol–water partition coefficient (Wildman–Crippen LogP) is 1.62. The number of hydrogen-bond donors (Lipinski definition) is 0. The molecule has 2 rings (SSSR count). The van der Waals surface area contributed by atoms with Gasteiger partial charge in [0.15, 0.2) is 0 Å². The topological polar surface area (TPSA) is 32.8 Å². The van der Waals surface area contributed by atoms with Gasteiger partial charge in [-0.3, -0.25) is 9.69 Å². The number of hydrogen-bond acceptors (Lipinski definition) is 3. The summed E-state index contributed by atoms with van der Waals surface area (Å²) in [4.78, 5) is 15.6. The van der Waals surface area contributed by atoms with Crippen molar-refractivity contribution in [3.8, 4) is 5.75 Å². The fourth-order valence-electron chi connectivity index (χ4n) is 2.32. The zero-order chi connectivity index (χ0) is 13.5. The van der Waals surface area contributed by atoms with Crippen LogP contribution in [-0.4, -0.2) is 55.0 Å². The van der Waals surface area contributed by atoms with E-state index in [1.54, 1.807) is 6.92 Å². The van der Waals surface area contributed by atoms with Gasteiger partial charge in [0.25, 0.3) is 0 Å². The zero-order valence-corrected chi connectivity index (χ0v) is 11.5. The molecule has 1 heterocycles. The average molecular weight is 262 g/mol. The van der Waals surface area contributed by atoms with Crippen molar-refractivity contribution in [2.75, 3.05) is 39.3 Å². The first-order chi connectivity index (χ1) is 9.25. The van der Waals surface area contributed by atoms with Crippen LogP contribution < -0.4 is 4.74 Å². The summed E-state index contributed by atoms with van der Waals surface area (Å²) in [6.07, 6.45) is 1.05. The molecule has 0 bridgehead atoms. The minimum Gasteiger partial charge on any atom is -0.492 e. The molecular formula is C15H22N2O2. The van der Waals surface area contributed by atoms with Crippen LogP contribution in [0.25, 0.3) is 0 Å². The minimum absolute atomic E-state index is 0.183. The molecule has 0 N–H and O–H groups in total. The van der Waals surface area contributed by atoms with Crippen molar-refractivity contribution >= 4 is 5.91 Å². The Bertz CT molecular complexity index is 394. The van der Waals surface area contributed by atoms with Gasteiger partial charge < -0.3 is 9.64 Å². The van der Waals surface area contributed by atoms with Crippen LogP contribution in [0.2, 0.25) is 0 Å². The van der Waals surface area contributed by atoms with Gasteiger partial charge in [-0.1, -0.05) is 18.2 Å². The Morgan fingerprint density at radius 3 is 2.68 bits per heavy atom. The first-order valence-electron chi connectivity index (χ1n) is 6.91. The van der Waals surface area contributed by atoms with Crippen molar-refractivity contribution in [1.29, 1.82) is 0 Å². The summed E-state index contributed by atoms with van der Waals surface area (Å²) in [7, 11) is 0. The number of amides is 1. The Labute approximate surface area is 115 Å². The van der Waals surface area contributed by atoms with Gasteiger partial charge in [-0.15, -0.1) is 0 Å². The van der Waals surface area contributed by atoms with Gasteiger partial charge in [-0.25, -0.2) is 0 Å². The summed E-state index contributed by atoms with van der Waals surface area (Å²) in [5, 5.41) is 0. The van der Waals surface area contributed by atoms with Gasteiger partial charge >= 0.3 is 0 Å². The highest BCUT2D eigenvalue weighted by Crippen LogP contribution is 2.08. The number of para-hydroxylation sites is 1. The lowest BCUT2D eigenvalue weighted by Gasteiger charge is -2.21. The minimum atomic E-state index is 0.183. The summed E-state index contributed by atoms with van der Waals surface area (Å²) in [6.45, 7) is 6.96. The van der Waals surface area contributed by atoms with Crippen LogP contribution in [0.3, 0.4) is 0 Å². The van der Waals surface area contributed by atoms with E-state index in [0.29, 0.717) is 6.61 Å². The van der Waals surface area contributed by atoms with Crippen molar-refractivity contribution < 1.29 is 9.53 Å². The lowest BCUT2D eigenvalue weighted by molar-refractivity contribution is -0.128. The summed E-state index contributed by atoms with van der Waals surface area (Å²) in [5.74, 6) is 1.10. The van der Waals surface area contributed by atoms with Crippen molar-refractivity contribution in [2.45, 2.75) is 13.3 Å². The molecule has 104 valence electrons. The van der Waals surface area contributed by atoms with E-state index in [-0.39, 0.29) is 5.91 Å². The summed E-state index contributed by atoms with van der Waals surface area (Å²) in [6, 6.07) is 9.88. The Kier molecular flexibility index (Phi) is 5.21. The SMILES string of the molecule is CC(=O)N1CCCN(CCOc2ccccc2)CC1. The third kappa shape index (κ3) is 4.56. The second-order valence-corrected chi connectivity index (χ2v) is 4.86. The Morgan fingerprint density at radius 1 is 1.16 bits per heavy atom. The fourth-order valence-corrected chi connectivity index (χ4v) is 2.32. The van der Waals surface area contributed by atoms with Crippen LogP contribution in [0, 0.1) is 0 Å². The lowest BCUT2D eigenvalue weighted by Crippen LogP contribution is -2.35. The molecule has 0 aromatic heterocycles. The molecule has 1 amide bonds. The highest BCUT2D eigenvalue weighted by atomic mass is 16.5. The molecule has 1 saturated heterocycles.